The van der Waals surface area contributed by atoms with Crippen molar-refractivity contribution in [2.75, 3.05) is 23.5 Å². The summed E-state index contributed by atoms with van der Waals surface area (Å²) in [7, 11) is 2.14. The number of pyridine rings is 1. The molecule has 0 amide bonds. The summed E-state index contributed by atoms with van der Waals surface area (Å²) in [4.78, 5) is 10.2. The van der Waals surface area contributed by atoms with Gasteiger partial charge in [0, 0.05) is 74.5 Å². The lowest BCUT2D eigenvalue weighted by atomic mass is 9.79. The molecule has 0 unspecified atom stereocenters. The van der Waals surface area contributed by atoms with Crippen molar-refractivity contribution >= 4 is 82.5 Å². The van der Waals surface area contributed by atoms with Crippen molar-refractivity contribution < 1.29 is 4.74 Å². The third kappa shape index (κ3) is 8.19. The highest BCUT2D eigenvalue weighted by molar-refractivity contribution is 6.13. The fourth-order valence-electron chi connectivity index (χ4n) is 13.1. The van der Waals surface area contributed by atoms with Gasteiger partial charge in [-0.05, 0) is 137 Å². The molecule has 7 nitrogen and oxygen atoms in total. The molecule has 404 valence electrons. The number of aromatic nitrogens is 4. The summed E-state index contributed by atoms with van der Waals surface area (Å²) in [6.45, 7) is 16.9. The van der Waals surface area contributed by atoms with Crippen molar-refractivity contribution in [2.24, 2.45) is 0 Å². The van der Waals surface area contributed by atoms with Crippen LogP contribution in [0.4, 0.5) is 17.1 Å². The fourth-order valence-corrected chi connectivity index (χ4v) is 13.1. The van der Waals surface area contributed by atoms with Gasteiger partial charge < -0.3 is 23.7 Å². The summed E-state index contributed by atoms with van der Waals surface area (Å²) in [6.07, 6.45) is 2.12. The molecule has 0 aliphatic carbocycles. The lowest BCUT2D eigenvalue weighted by Crippen LogP contribution is -2.23. The molecule has 7 heteroatoms. The maximum Gasteiger partial charge on any atom is 0.137 e. The van der Waals surface area contributed by atoms with E-state index in [0.717, 1.165) is 102 Å². The number of anilines is 3. The van der Waals surface area contributed by atoms with Gasteiger partial charge in [-0.1, -0.05) is 163 Å². The van der Waals surface area contributed by atoms with E-state index in [1.165, 1.54) is 55.2 Å². The summed E-state index contributed by atoms with van der Waals surface area (Å²) >= 11 is 0. The second kappa shape index (κ2) is 18.9. The second-order valence-electron chi connectivity index (χ2n) is 24.7. The predicted octanol–water partition coefficient (Wildman–Crippen LogP) is 19.9. The van der Waals surface area contributed by atoms with Gasteiger partial charge in [0.2, 0.25) is 0 Å². The van der Waals surface area contributed by atoms with Crippen LogP contribution in [0.1, 0.15) is 58.2 Å². The number of rotatable bonds is 8. The zero-order valence-corrected chi connectivity index (χ0v) is 48.2. The van der Waals surface area contributed by atoms with Crippen molar-refractivity contribution in [2.45, 2.75) is 59.3 Å². The van der Waals surface area contributed by atoms with Gasteiger partial charge in [-0.2, -0.15) is 0 Å². The van der Waals surface area contributed by atoms with Crippen LogP contribution in [0.25, 0.3) is 105 Å². The Labute approximate surface area is 484 Å². The minimum absolute atomic E-state index is 0.0226. The fraction of sp³-hybridized carbons (Fsp3) is 0.145. The largest absolute Gasteiger partial charge is 0.457 e. The molecular formula is C76H64N6O. The minimum Gasteiger partial charge on any atom is -0.457 e. The van der Waals surface area contributed by atoms with Gasteiger partial charge >= 0.3 is 0 Å². The van der Waals surface area contributed by atoms with Gasteiger partial charge in [0.25, 0.3) is 0 Å². The van der Waals surface area contributed by atoms with Gasteiger partial charge in [0.1, 0.15) is 17.3 Å². The molecule has 0 bridgehead atoms. The third-order valence-electron chi connectivity index (χ3n) is 17.3. The standard InChI is InChI=1S/C76H64N6O/c1-48-39-73(77-46-62(48)74-70(80-63-27-13-9-23-56(63)57-24-10-14-28-64(57)80)33-20-34-71(74)81-65-29-15-11-25-58(65)59-26-12-16-30-66(59)81)82-67-38-35-49(50-40-51(75(2,3)4)43-52(41-50)76(5,6)7)42-61(67)60-37-36-55(45-72(60)82)83-54-22-19-21-53(44-54)79-47-78(8)68-31-17-18-32-69(68)79/h9-46H,47H2,1-8H3. The van der Waals surface area contributed by atoms with Crippen LogP contribution in [-0.4, -0.2) is 32.4 Å². The van der Waals surface area contributed by atoms with E-state index in [4.69, 9.17) is 9.72 Å². The number of fused-ring (bicyclic) bond motifs is 10. The number of nitrogens with zero attached hydrogens (tertiary/aromatic N) is 6. The number of benzene rings is 10. The van der Waals surface area contributed by atoms with Gasteiger partial charge in [-0.25, -0.2) is 4.98 Å². The Bertz CT molecular complexity index is 4670. The topological polar surface area (TPSA) is 43.4 Å². The molecule has 0 saturated carbocycles. The minimum atomic E-state index is -0.0226. The Morgan fingerprint density at radius 1 is 0.398 bits per heavy atom. The van der Waals surface area contributed by atoms with Crippen molar-refractivity contribution in [3.05, 3.63) is 247 Å². The molecule has 0 saturated heterocycles. The molecule has 0 N–H and O–H groups in total. The highest BCUT2D eigenvalue weighted by Crippen LogP contribution is 2.46. The highest BCUT2D eigenvalue weighted by Gasteiger charge is 2.27. The van der Waals surface area contributed by atoms with E-state index in [1.807, 2.05) is 6.07 Å². The summed E-state index contributed by atoms with van der Waals surface area (Å²) in [5.74, 6) is 2.34. The summed E-state index contributed by atoms with van der Waals surface area (Å²) in [5.41, 5.74) is 20.6. The monoisotopic (exact) mass is 1080 g/mol. The van der Waals surface area contributed by atoms with Crippen LogP contribution in [0.15, 0.2) is 231 Å². The van der Waals surface area contributed by atoms with Crippen molar-refractivity contribution in [1.29, 1.82) is 0 Å². The first kappa shape index (κ1) is 50.1. The van der Waals surface area contributed by atoms with Crippen molar-refractivity contribution in [1.82, 2.24) is 18.7 Å². The Morgan fingerprint density at radius 3 is 1.48 bits per heavy atom. The first-order valence-corrected chi connectivity index (χ1v) is 28.9. The van der Waals surface area contributed by atoms with E-state index in [1.54, 1.807) is 0 Å². The molecule has 5 heterocycles. The van der Waals surface area contributed by atoms with Gasteiger partial charge in [-0.15, -0.1) is 0 Å². The van der Waals surface area contributed by atoms with Crippen LogP contribution < -0.4 is 14.5 Å². The van der Waals surface area contributed by atoms with Crippen LogP contribution >= 0.6 is 0 Å². The van der Waals surface area contributed by atoms with E-state index < -0.39 is 0 Å². The normalized spacial score (nSPS) is 13.0. The smallest absolute Gasteiger partial charge is 0.137 e. The molecule has 0 spiro atoms. The lowest BCUT2D eigenvalue weighted by molar-refractivity contribution is 0.483. The zero-order chi connectivity index (χ0) is 56.5. The van der Waals surface area contributed by atoms with Crippen LogP contribution in [0.2, 0.25) is 0 Å². The van der Waals surface area contributed by atoms with Gasteiger partial charge in [-0.3, -0.25) is 4.57 Å². The molecule has 0 fully saturated rings. The first-order chi connectivity index (χ1) is 40.2. The average molecular weight is 1080 g/mol. The Hall–Kier alpha value is -9.85. The van der Waals surface area contributed by atoms with Crippen LogP contribution in [0.3, 0.4) is 0 Å². The predicted molar refractivity (Wildman–Crippen MR) is 349 cm³/mol. The van der Waals surface area contributed by atoms with E-state index >= 15 is 0 Å². The number of hydrogen-bond acceptors (Lipinski definition) is 4. The zero-order valence-electron chi connectivity index (χ0n) is 48.2. The summed E-state index contributed by atoms with van der Waals surface area (Å²) in [5, 5.41) is 7.14. The number of hydrogen-bond donors (Lipinski definition) is 0. The third-order valence-corrected chi connectivity index (χ3v) is 17.3. The van der Waals surface area contributed by atoms with E-state index in [2.05, 4.69) is 304 Å². The summed E-state index contributed by atoms with van der Waals surface area (Å²) in [6, 6.07) is 81.9. The maximum atomic E-state index is 6.91. The van der Waals surface area contributed by atoms with Gasteiger partial charge in [0.05, 0.1) is 62.5 Å². The molecule has 0 radical (unpaired) electrons. The van der Waals surface area contributed by atoms with Crippen molar-refractivity contribution in [3.63, 3.8) is 0 Å². The molecule has 1 aliphatic heterocycles. The van der Waals surface area contributed by atoms with E-state index in [9.17, 15) is 0 Å². The quantitative estimate of drug-likeness (QED) is 0.152. The van der Waals surface area contributed by atoms with Crippen molar-refractivity contribution in [3.8, 4) is 50.9 Å². The number of para-hydroxylation sites is 6. The van der Waals surface area contributed by atoms with E-state index in [-0.39, 0.29) is 10.8 Å². The molecule has 15 rings (SSSR count). The molecular weight excluding hydrogens is 1010 g/mol. The highest BCUT2D eigenvalue weighted by atomic mass is 16.5. The second-order valence-corrected chi connectivity index (χ2v) is 24.7. The summed E-state index contributed by atoms with van der Waals surface area (Å²) < 4.78 is 14.2. The Morgan fingerprint density at radius 2 is 0.904 bits per heavy atom. The van der Waals surface area contributed by atoms with Gasteiger partial charge in [0.15, 0.2) is 0 Å². The van der Waals surface area contributed by atoms with Crippen LogP contribution in [0.5, 0.6) is 11.5 Å². The number of aryl methyl sites for hydroxylation is 1. The molecule has 83 heavy (non-hydrogen) atoms. The molecule has 4 aromatic heterocycles. The van der Waals surface area contributed by atoms with Crippen LogP contribution in [-0.2, 0) is 10.8 Å². The Balaban J connectivity index is 0.934. The molecule has 0 atom stereocenters. The SMILES string of the molecule is Cc1cc(-n2c3ccc(-c4cc(C(C)(C)C)cc(C(C)(C)C)c4)cc3c3ccc(Oc4cccc(N5CN(C)c6ccccc65)c4)cc32)ncc1-c1c(-n2c3ccccc3c3ccccc32)cccc1-n1c2ccccc2c2ccccc21. The maximum absolute atomic E-state index is 6.91. The van der Waals surface area contributed by atoms with E-state index in [0.29, 0.717) is 0 Å². The Kier molecular flexibility index (Phi) is 11.4. The number of ether oxygens (including phenoxy) is 1. The van der Waals surface area contributed by atoms with Crippen LogP contribution in [0, 0.1) is 6.92 Å². The lowest BCUT2D eigenvalue weighted by Gasteiger charge is -2.26. The molecule has 1 aliphatic rings. The molecule has 14 aromatic rings. The molecule has 10 aromatic carbocycles. The first-order valence-electron chi connectivity index (χ1n) is 28.9. The average Bonchev–Trinajstić information content (AvgIpc) is 4.28.